The van der Waals surface area contributed by atoms with Crippen LogP contribution in [0.3, 0.4) is 0 Å². The Morgan fingerprint density at radius 3 is 2.55 bits per heavy atom. The number of hydrogen-bond donors (Lipinski definition) is 2. The predicted molar refractivity (Wildman–Crippen MR) is 116 cm³/mol. The van der Waals surface area contributed by atoms with E-state index in [0.717, 1.165) is 40.4 Å². The molecule has 29 heavy (non-hydrogen) atoms. The zero-order chi connectivity index (χ0) is 21.0. The lowest BCUT2D eigenvalue weighted by molar-refractivity contribution is -0.107. The van der Waals surface area contributed by atoms with E-state index >= 15 is 0 Å². The van der Waals surface area contributed by atoms with Crippen molar-refractivity contribution < 1.29 is 4.79 Å². The summed E-state index contributed by atoms with van der Waals surface area (Å²) in [6.45, 7) is 4.20. The van der Waals surface area contributed by atoms with Gasteiger partial charge in [-0.25, -0.2) is 4.98 Å². The van der Waals surface area contributed by atoms with Crippen molar-refractivity contribution >= 4 is 35.2 Å². The molecular formula is C21H25N7O. The minimum atomic E-state index is 0.327. The highest BCUT2D eigenvalue weighted by molar-refractivity contribution is 5.79. The number of rotatable bonds is 7. The van der Waals surface area contributed by atoms with Gasteiger partial charge in [-0.2, -0.15) is 4.98 Å². The summed E-state index contributed by atoms with van der Waals surface area (Å²) >= 11 is 0. The number of pyridine rings is 1. The number of benzene rings is 1. The van der Waals surface area contributed by atoms with Crippen LogP contribution in [0.1, 0.15) is 16.8 Å². The van der Waals surface area contributed by atoms with Crippen molar-refractivity contribution in [3.63, 3.8) is 0 Å². The van der Waals surface area contributed by atoms with Gasteiger partial charge in [0.1, 0.15) is 5.82 Å². The second-order valence-corrected chi connectivity index (χ2v) is 7.03. The molecule has 3 rings (SSSR count). The summed E-state index contributed by atoms with van der Waals surface area (Å²) in [6.07, 6.45) is 4.26. The Kier molecular flexibility index (Phi) is 5.92. The standard InChI is InChI=1S/C21H25N7O/c1-14-5-7-17(22)9-19(14)28(13-29)12-16-10-24-21(26-20(16)27(3)4)25-18-8-6-15(2)23-11-18/h5-11,13H,12,22H2,1-4H3,(H,24,25,26). The molecule has 0 radical (unpaired) electrons. The van der Waals surface area contributed by atoms with Gasteiger partial charge in [-0.15, -0.1) is 0 Å². The van der Waals surface area contributed by atoms with E-state index in [1.54, 1.807) is 23.4 Å². The van der Waals surface area contributed by atoms with E-state index in [1.807, 2.05) is 57.1 Å². The van der Waals surface area contributed by atoms with Crippen LogP contribution >= 0.6 is 0 Å². The minimum Gasteiger partial charge on any atom is -0.399 e. The van der Waals surface area contributed by atoms with Gasteiger partial charge in [0.2, 0.25) is 12.4 Å². The Morgan fingerprint density at radius 2 is 1.90 bits per heavy atom. The molecule has 0 aliphatic heterocycles. The molecule has 8 heteroatoms. The number of amides is 1. The first-order chi connectivity index (χ1) is 13.9. The lowest BCUT2D eigenvalue weighted by atomic mass is 10.1. The third-order valence-electron chi connectivity index (χ3n) is 4.44. The molecule has 0 spiro atoms. The van der Waals surface area contributed by atoms with Crippen LogP contribution in [0.5, 0.6) is 0 Å². The van der Waals surface area contributed by atoms with Gasteiger partial charge in [0.15, 0.2) is 0 Å². The molecule has 0 saturated carbocycles. The van der Waals surface area contributed by atoms with E-state index in [0.29, 0.717) is 18.2 Å². The van der Waals surface area contributed by atoms with Gasteiger partial charge in [0, 0.05) is 42.9 Å². The SMILES string of the molecule is Cc1ccc(Nc2ncc(CN(C=O)c3cc(N)ccc3C)c(N(C)C)n2)cn1. The summed E-state index contributed by atoms with van der Waals surface area (Å²) < 4.78 is 0. The normalized spacial score (nSPS) is 10.5. The minimum absolute atomic E-state index is 0.327. The number of aromatic nitrogens is 3. The fraction of sp³-hybridized carbons (Fsp3) is 0.238. The van der Waals surface area contributed by atoms with E-state index in [2.05, 4.69) is 20.3 Å². The summed E-state index contributed by atoms with van der Waals surface area (Å²) in [5.74, 6) is 1.18. The third kappa shape index (κ3) is 4.78. The second kappa shape index (κ2) is 8.55. The predicted octanol–water partition coefficient (Wildman–Crippen LogP) is 3.04. The lowest BCUT2D eigenvalue weighted by Crippen LogP contribution is -2.24. The second-order valence-electron chi connectivity index (χ2n) is 7.03. The van der Waals surface area contributed by atoms with Crippen LogP contribution in [0.15, 0.2) is 42.7 Å². The number of nitrogens with zero attached hydrogens (tertiary/aromatic N) is 5. The smallest absolute Gasteiger partial charge is 0.229 e. The summed E-state index contributed by atoms with van der Waals surface area (Å²) in [5, 5.41) is 3.16. The molecule has 0 aliphatic rings. The van der Waals surface area contributed by atoms with Gasteiger partial charge in [0.25, 0.3) is 0 Å². The van der Waals surface area contributed by atoms with E-state index in [1.165, 1.54) is 0 Å². The van der Waals surface area contributed by atoms with Gasteiger partial charge in [-0.1, -0.05) is 6.07 Å². The average molecular weight is 391 g/mol. The van der Waals surface area contributed by atoms with Crippen molar-refractivity contribution in [2.75, 3.05) is 34.9 Å². The van der Waals surface area contributed by atoms with Gasteiger partial charge in [-0.3, -0.25) is 9.78 Å². The Hall–Kier alpha value is -3.68. The van der Waals surface area contributed by atoms with Gasteiger partial charge in [0.05, 0.1) is 18.4 Å². The van der Waals surface area contributed by atoms with Crippen molar-refractivity contribution in [3.8, 4) is 0 Å². The highest BCUT2D eigenvalue weighted by Gasteiger charge is 2.16. The molecule has 0 bridgehead atoms. The quantitative estimate of drug-likeness (QED) is 0.471. The van der Waals surface area contributed by atoms with Crippen LogP contribution in [-0.4, -0.2) is 35.5 Å². The first-order valence-corrected chi connectivity index (χ1v) is 9.18. The number of aryl methyl sites for hydroxylation is 2. The molecule has 0 fully saturated rings. The Morgan fingerprint density at radius 1 is 1.10 bits per heavy atom. The number of nitrogens with two attached hydrogens (primary N) is 1. The monoisotopic (exact) mass is 391 g/mol. The highest BCUT2D eigenvalue weighted by Crippen LogP contribution is 2.26. The number of hydrogen-bond acceptors (Lipinski definition) is 7. The molecular weight excluding hydrogens is 366 g/mol. The van der Waals surface area contributed by atoms with Crippen LogP contribution in [0.25, 0.3) is 0 Å². The molecule has 1 aromatic carbocycles. The van der Waals surface area contributed by atoms with Crippen molar-refractivity contribution in [1.29, 1.82) is 0 Å². The fourth-order valence-corrected chi connectivity index (χ4v) is 2.93. The van der Waals surface area contributed by atoms with Crippen LogP contribution in [-0.2, 0) is 11.3 Å². The van der Waals surface area contributed by atoms with E-state index in [9.17, 15) is 4.79 Å². The molecule has 2 heterocycles. The molecule has 0 aliphatic carbocycles. The Labute approximate surface area is 170 Å². The lowest BCUT2D eigenvalue weighted by Gasteiger charge is -2.23. The third-order valence-corrected chi connectivity index (χ3v) is 4.44. The zero-order valence-electron chi connectivity index (χ0n) is 17.0. The molecule has 3 N–H and O–H groups in total. The molecule has 150 valence electrons. The highest BCUT2D eigenvalue weighted by atomic mass is 16.1. The molecule has 3 aromatic rings. The summed E-state index contributed by atoms with van der Waals surface area (Å²) in [7, 11) is 3.81. The van der Waals surface area contributed by atoms with E-state index in [-0.39, 0.29) is 0 Å². The largest absolute Gasteiger partial charge is 0.399 e. The number of carbonyl (C=O) groups excluding carboxylic acids is 1. The van der Waals surface area contributed by atoms with Gasteiger partial charge in [-0.05, 0) is 43.7 Å². The molecule has 0 unspecified atom stereocenters. The van der Waals surface area contributed by atoms with E-state index < -0.39 is 0 Å². The molecule has 0 saturated heterocycles. The number of anilines is 5. The maximum absolute atomic E-state index is 11.8. The molecule has 0 atom stereocenters. The van der Waals surface area contributed by atoms with Crippen molar-refractivity contribution in [2.45, 2.75) is 20.4 Å². The van der Waals surface area contributed by atoms with Crippen LogP contribution in [0, 0.1) is 13.8 Å². The maximum Gasteiger partial charge on any atom is 0.229 e. The maximum atomic E-state index is 11.8. The van der Waals surface area contributed by atoms with Crippen molar-refractivity contribution in [1.82, 2.24) is 15.0 Å². The zero-order valence-corrected chi connectivity index (χ0v) is 17.0. The fourth-order valence-electron chi connectivity index (χ4n) is 2.93. The summed E-state index contributed by atoms with van der Waals surface area (Å²) in [4.78, 5) is 28.6. The Bertz CT molecular complexity index is 1000. The van der Waals surface area contributed by atoms with E-state index in [4.69, 9.17) is 5.73 Å². The molecule has 8 nitrogen and oxygen atoms in total. The first kappa shape index (κ1) is 20.1. The number of carbonyl (C=O) groups is 1. The van der Waals surface area contributed by atoms with Gasteiger partial charge >= 0.3 is 0 Å². The topological polar surface area (TPSA) is 100 Å². The summed E-state index contributed by atoms with van der Waals surface area (Å²) in [6, 6.07) is 9.34. The molecule has 2 aromatic heterocycles. The van der Waals surface area contributed by atoms with Crippen LogP contribution in [0.2, 0.25) is 0 Å². The number of nitrogens with one attached hydrogen (secondary N) is 1. The van der Waals surface area contributed by atoms with Crippen molar-refractivity contribution in [2.24, 2.45) is 0 Å². The molecule has 1 amide bonds. The average Bonchev–Trinajstić information content (AvgIpc) is 2.70. The van der Waals surface area contributed by atoms with Crippen LogP contribution < -0.4 is 20.9 Å². The van der Waals surface area contributed by atoms with Crippen LogP contribution in [0.4, 0.5) is 28.8 Å². The summed E-state index contributed by atoms with van der Waals surface area (Å²) in [5.41, 5.74) is 10.8. The number of nitrogen functional groups attached to an aromatic ring is 1. The van der Waals surface area contributed by atoms with Crippen molar-refractivity contribution in [3.05, 3.63) is 59.5 Å². The first-order valence-electron chi connectivity index (χ1n) is 9.18. The van der Waals surface area contributed by atoms with Gasteiger partial charge < -0.3 is 20.9 Å². The Balaban J connectivity index is 1.89.